The molecule has 0 radical (unpaired) electrons. The molecule has 1 fully saturated rings. The highest BCUT2D eigenvalue weighted by Gasteiger charge is 2.33. The minimum Gasteiger partial charge on any atom is -0.320 e. The molecule has 11 heteroatoms. The van der Waals surface area contributed by atoms with Crippen molar-refractivity contribution in [2.45, 2.75) is 18.9 Å². The van der Waals surface area contributed by atoms with Gasteiger partial charge in [-0.25, -0.2) is 9.18 Å². The van der Waals surface area contributed by atoms with Gasteiger partial charge in [0, 0.05) is 22.9 Å². The first-order valence-electron chi connectivity index (χ1n) is 9.34. The van der Waals surface area contributed by atoms with Crippen molar-refractivity contribution in [3.63, 3.8) is 0 Å². The molecule has 0 spiro atoms. The summed E-state index contributed by atoms with van der Waals surface area (Å²) in [5.74, 6) is -0.946. The van der Waals surface area contributed by atoms with Gasteiger partial charge in [-0.3, -0.25) is 4.79 Å². The Morgan fingerprint density at radius 1 is 1.06 bits per heavy atom. The van der Waals surface area contributed by atoms with Gasteiger partial charge in [-0.15, -0.1) is 10.2 Å². The lowest BCUT2D eigenvalue weighted by atomic mass is 10.2. The number of nitrogens with one attached hydrogen (secondary N) is 2. The first kappa shape index (κ1) is 21.5. The van der Waals surface area contributed by atoms with Crippen LogP contribution in [0.3, 0.4) is 0 Å². The summed E-state index contributed by atoms with van der Waals surface area (Å²) in [5, 5.41) is 14.8. The van der Waals surface area contributed by atoms with E-state index < -0.39 is 5.82 Å². The summed E-state index contributed by atoms with van der Waals surface area (Å²) in [6.45, 7) is 0.525. The second-order valence-electron chi connectivity index (χ2n) is 6.82. The van der Waals surface area contributed by atoms with Crippen molar-refractivity contribution in [1.29, 1.82) is 0 Å². The summed E-state index contributed by atoms with van der Waals surface area (Å²) in [5.41, 5.74) is 0.980. The highest BCUT2D eigenvalue weighted by atomic mass is 35.5. The first-order valence-corrected chi connectivity index (χ1v) is 10.9. The summed E-state index contributed by atoms with van der Waals surface area (Å²) in [7, 11) is 0. The number of aromatic nitrogens is 2. The zero-order valence-electron chi connectivity index (χ0n) is 15.9. The molecule has 3 amide bonds. The van der Waals surface area contributed by atoms with E-state index in [1.165, 1.54) is 18.2 Å². The Bertz CT molecular complexity index is 1130. The molecular weight excluding hydrogens is 464 g/mol. The third kappa shape index (κ3) is 4.95. The van der Waals surface area contributed by atoms with Crippen LogP contribution in [0, 0.1) is 5.82 Å². The van der Waals surface area contributed by atoms with Crippen LogP contribution in [0.2, 0.25) is 10.0 Å². The number of amides is 3. The summed E-state index contributed by atoms with van der Waals surface area (Å²) >= 11 is 12.8. The maximum absolute atomic E-state index is 13.3. The fourth-order valence-corrected chi connectivity index (χ4v) is 4.41. The Hall–Kier alpha value is -2.75. The third-order valence-electron chi connectivity index (χ3n) is 4.71. The van der Waals surface area contributed by atoms with Crippen molar-refractivity contribution in [1.82, 2.24) is 15.1 Å². The van der Waals surface area contributed by atoms with Crippen LogP contribution in [0.5, 0.6) is 0 Å². The Morgan fingerprint density at radius 3 is 2.55 bits per heavy atom. The maximum Gasteiger partial charge on any atom is 0.322 e. The predicted octanol–water partition coefficient (Wildman–Crippen LogP) is 5.61. The van der Waals surface area contributed by atoms with Gasteiger partial charge in [-0.2, -0.15) is 0 Å². The smallest absolute Gasteiger partial charge is 0.320 e. The van der Waals surface area contributed by atoms with E-state index in [0.29, 0.717) is 34.4 Å². The molecule has 2 aromatic carbocycles. The molecule has 1 aliphatic heterocycles. The molecule has 0 aliphatic carbocycles. The van der Waals surface area contributed by atoms with Gasteiger partial charge in [0.25, 0.3) is 5.91 Å². The molecule has 1 saturated heterocycles. The molecule has 3 aromatic rings. The van der Waals surface area contributed by atoms with Gasteiger partial charge in [-0.05, 0) is 55.3 Å². The SMILES string of the molecule is O=C(Nc1ccc(Cl)cc1)c1nnc([C@H]2CCCN2C(=O)Nc2ccc(F)c(Cl)c2)s1. The van der Waals surface area contributed by atoms with Gasteiger partial charge in [-0.1, -0.05) is 34.5 Å². The highest BCUT2D eigenvalue weighted by molar-refractivity contribution is 7.13. The molecular formula is C20H16Cl2FN5O2S. The number of carbonyl (C=O) groups excluding carboxylic acids is 2. The summed E-state index contributed by atoms with van der Waals surface area (Å²) in [6, 6.07) is 10.0. The van der Waals surface area contributed by atoms with E-state index in [0.717, 1.165) is 17.8 Å². The van der Waals surface area contributed by atoms with Gasteiger partial charge in [0.1, 0.15) is 10.8 Å². The fraction of sp³-hybridized carbons (Fsp3) is 0.200. The Kier molecular flexibility index (Phi) is 6.35. The molecule has 2 N–H and O–H groups in total. The van der Waals surface area contributed by atoms with Crippen LogP contribution in [-0.4, -0.2) is 33.6 Å². The van der Waals surface area contributed by atoms with Crippen LogP contribution in [0.4, 0.5) is 20.6 Å². The monoisotopic (exact) mass is 479 g/mol. The lowest BCUT2D eigenvalue weighted by Crippen LogP contribution is -2.34. The lowest BCUT2D eigenvalue weighted by Gasteiger charge is -2.23. The van der Waals surface area contributed by atoms with E-state index in [1.807, 2.05) is 0 Å². The van der Waals surface area contributed by atoms with Gasteiger partial charge < -0.3 is 15.5 Å². The molecule has 160 valence electrons. The number of urea groups is 1. The number of hydrogen-bond donors (Lipinski definition) is 2. The van der Waals surface area contributed by atoms with Crippen molar-refractivity contribution in [3.8, 4) is 0 Å². The van der Waals surface area contributed by atoms with E-state index in [1.54, 1.807) is 29.2 Å². The number of hydrogen-bond acceptors (Lipinski definition) is 5. The third-order valence-corrected chi connectivity index (χ3v) is 6.27. The molecule has 0 saturated carbocycles. The number of anilines is 2. The van der Waals surface area contributed by atoms with Crippen LogP contribution < -0.4 is 10.6 Å². The Labute approximate surface area is 191 Å². The van der Waals surface area contributed by atoms with Crippen molar-refractivity contribution in [2.75, 3.05) is 17.2 Å². The number of carbonyl (C=O) groups is 2. The lowest BCUT2D eigenvalue weighted by molar-refractivity contribution is 0.102. The van der Waals surface area contributed by atoms with Crippen LogP contribution in [0.25, 0.3) is 0 Å². The molecule has 1 atom stereocenters. The number of likely N-dealkylation sites (tertiary alicyclic amines) is 1. The van der Waals surface area contributed by atoms with E-state index >= 15 is 0 Å². The average Bonchev–Trinajstić information content (AvgIpc) is 3.42. The van der Waals surface area contributed by atoms with Crippen molar-refractivity contribution >= 4 is 57.9 Å². The molecule has 31 heavy (non-hydrogen) atoms. The van der Waals surface area contributed by atoms with Crippen LogP contribution in [0.15, 0.2) is 42.5 Å². The first-order chi connectivity index (χ1) is 14.9. The quantitative estimate of drug-likeness (QED) is 0.509. The normalized spacial score (nSPS) is 15.7. The largest absolute Gasteiger partial charge is 0.322 e. The summed E-state index contributed by atoms with van der Waals surface area (Å²) in [6.07, 6.45) is 1.49. The number of rotatable bonds is 4. The maximum atomic E-state index is 13.3. The highest BCUT2D eigenvalue weighted by Crippen LogP contribution is 2.34. The van der Waals surface area contributed by atoms with Crippen molar-refractivity contribution in [2.24, 2.45) is 0 Å². The molecule has 0 unspecified atom stereocenters. The molecule has 0 bridgehead atoms. The second kappa shape index (κ2) is 9.17. The zero-order chi connectivity index (χ0) is 22.0. The zero-order valence-corrected chi connectivity index (χ0v) is 18.3. The topological polar surface area (TPSA) is 87.2 Å². The van der Waals surface area contributed by atoms with E-state index in [-0.39, 0.29) is 28.0 Å². The van der Waals surface area contributed by atoms with Crippen LogP contribution in [-0.2, 0) is 0 Å². The average molecular weight is 480 g/mol. The number of nitrogens with zero attached hydrogens (tertiary/aromatic N) is 3. The predicted molar refractivity (Wildman–Crippen MR) is 118 cm³/mol. The molecule has 1 aromatic heterocycles. The number of halogens is 3. The van der Waals surface area contributed by atoms with Gasteiger partial charge in [0.2, 0.25) is 5.01 Å². The van der Waals surface area contributed by atoms with Gasteiger partial charge in [0.05, 0.1) is 11.1 Å². The van der Waals surface area contributed by atoms with E-state index in [9.17, 15) is 14.0 Å². The number of benzene rings is 2. The molecule has 7 nitrogen and oxygen atoms in total. The van der Waals surface area contributed by atoms with Crippen LogP contribution in [0.1, 0.15) is 33.7 Å². The minimum absolute atomic E-state index is 0.0729. The minimum atomic E-state index is -0.558. The van der Waals surface area contributed by atoms with Crippen molar-refractivity contribution < 1.29 is 14.0 Å². The molecule has 1 aliphatic rings. The summed E-state index contributed by atoms with van der Waals surface area (Å²) in [4.78, 5) is 26.8. The second-order valence-corrected chi connectivity index (χ2v) is 8.67. The van der Waals surface area contributed by atoms with E-state index in [2.05, 4.69) is 20.8 Å². The molecule has 2 heterocycles. The van der Waals surface area contributed by atoms with Crippen LogP contribution >= 0.6 is 34.5 Å². The fourth-order valence-electron chi connectivity index (χ4n) is 3.21. The van der Waals surface area contributed by atoms with Crippen molar-refractivity contribution in [3.05, 3.63) is 68.3 Å². The van der Waals surface area contributed by atoms with Gasteiger partial charge >= 0.3 is 6.03 Å². The Balaban J connectivity index is 1.44. The Morgan fingerprint density at radius 2 is 1.81 bits per heavy atom. The van der Waals surface area contributed by atoms with E-state index in [4.69, 9.17) is 23.2 Å². The summed E-state index contributed by atoms with van der Waals surface area (Å²) < 4.78 is 13.3. The molecule has 4 rings (SSSR count). The van der Waals surface area contributed by atoms with Gasteiger partial charge in [0.15, 0.2) is 0 Å². The standard InChI is InChI=1S/C20H16Cl2FN5O2S/c21-11-3-5-12(6-4-11)24-17(29)19-27-26-18(31-19)16-2-1-9-28(16)20(30)25-13-7-8-15(23)14(22)10-13/h3-8,10,16H,1-2,9H2,(H,24,29)(H,25,30)/t16-/m1/s1.